The van der Waals surface area contributed by atoms with E-state index < -0.39 is 29.8 Å². The van der Waals surface area contributed by atoms with E-state index in [2.05, 4.69) is 15.6 Å². The Morgan fingerprint density at radius 2 is 1.82 bits per heavy atom. The third-order valence-corrected chi connectivity index (χ3v) is 5.64. The minimum atomic E-state index is -1.70. The lowest BCUT2D eigenvalue weighted by molar-refractivity contribution is -0.162. The average Bonchev–Trinajstić information content (AvgIpc) is 2.87. The number of nitrogens with one attached hydrogen (secondary N) is 2. The first kappa shape index (κ1) is 25.3. The topological polar surface area (TPSA) is 153 Å². The third-order valence-electron chi connectivity index (χ3n) is 5.64. The molecule has 1 aliphatic heterocycles. The Morgan fingerprint density at radius 1 is 1.15 bits per heavy atom. The fraction of sp³-hybridized carbons (Fsp3) is 0.417. The number of carbonyl (C=O) groups is 3. The van der Waals surface area contributed by atoms with Crippen molar-refractivity contribution >= 4 is 17.7 Å². The van der Waals surface area contributed by atoms with Gasteiger partial charge in [-0.05, 0) is 61.7 Å². The molecule has 3 rings (SSSR count). The number of amides is 1. The molecule has 0 radical (unpaired) electrons. The lowest BCUT2D eigenvalue weighted by atomic mass is 9.98. The van der Waals surface area contributed by atoms with Crippen LogP contribution in [0.4, 0.5) is 0 Å². The smallest absolute Gasteiger partial charge is 0.340 e. The molecule has 182 valence electrons. The van der Waals surface area contributed by atoms with Crippen LogP contribution in [0.1, 0.15) is 34.5 Å². The second-order valence-corrected chi connectivity index (χ2v) is 8.04. The molecule has 1 aromatic heterocycles. The van der Waals surface area contributed by atoms with Crippen LogP contribution in [0.3, 0.4) is 0 Å². The molecule has 5 N–H and O–H groups in total. The fourth-order valence-corrected chi connectivity index (χ4v) is 3.69. The van der Waals surface area contributed by atoms with Crippen LogP contribution < -0.4 is 21.1 Å². The molecular weight excluding hydrogens is 440 g/mol. The minimum absolute atomic E-state index is 0.0782. The summed E-state index contributed by atoms with van der Waals surface area (Å²) in [6.07, 6.45) is 0.714. The fourth-order valence-electron chi connectivity index (χ4n) is 3.69. The van der Waals surface area contributed by atoms with Crippen molar-refractivity contribution in [2.75, 3.05) is 20.2 Å². The second-order valence-electron chi connectivity index (χ2n) is 8.04. The van der Waals surface area contributed by atoms with E-state index in [0.29, 0.717) is 31.7 Å². The van der Waals surface area contributed by atoms with E-state index in [1.807, 2.05) is 0 Å². The number of carboxylic acid groups (broad SMARTS) is 1. The number of nitrogens with two attached hydrogens (primary N) is 1. The second kappa shape index (κ2) is 12.2. The monoisotopic (exact) mass is 470 g/mol. The lowest BCUT2D eigenvalue weighted by Crippen LogP contribution is -2.51. The number of carboxylic acids is 1. The van der Waals surface area contributed by atoms with E-state index in [-0.39, 0.29) is 24.8 Å². The number of hydrogen-bond donors (Lipinski definition) is 4. The predicted octanol–water partition coefficient (Wildman–Crippen LogP) is 0.681. The van der Waals surface area contributed by atoms with Gasteiger partial charge in [0.2, 0.25) is 6.10 Å². The van der Waals surface area contributed by atoms with Gasteiger partial charge in [0.15, 0.2) is 5.78 Å². The summed E-state index contributed by atoms with van der Waals surface area (Å²) in [5, 5.41) is 15.6. The zero-order valence-corrected chi connectivity index (χ0v) is 19.0. The molecule has 1 saturated heterocycles. The number of aromatic nitrogens is 1. The molecule has 0 spiro atoms. The highest BCUT2D eigenvalue weighted by molar-refractivity contribution is 6.06. The number of carbonyl (C=O) groups excluding carboxylic acids is 2. The zero-order chi connectivity index (χ0) is 24.5. The van der Waals surface area contributed by atoms with Gasteiger partial charge in [-0.25, -0.2) is 4.79 Å². The molecule has 0 saturated carbocycles. The number of methoxy groups -OCH3 is 1. The highest BCUT2D eigenvalue weighted by Gasteiger charge is 2.36. The molecule has 10 heteroatoms. The maximum absolute atomic E-state index is 13.4. The van der Waals surface area contributed by atoms with Crippen molar-refractivity contribution in [2.24, 2.45) is 5.73 Å². The van der Waals surface area contributed by atoms with Crippen LogP contribution in [0.15, 0.2) is 42.6 Å². The minimum Gasteiger partial charge on any atom is -0.497 e. The van der Waals surface area contributed by atoms with E-state index in [1.54, 1.807) is 37.4 Å². The molecule has 2 atom stereocenters. The van der Waals surface area contributed by atoms with Gasteiger partial charge in [-0.2, -0.15) is 0 Å². The van der Waals surface area contributed by atoms with E-state index in [1.165, 1.54) is 12.3 Å². The summed E-state index contributed by atoms with van der Waals surface area (Å²) in [5.74, 6) is -2.07. The predicted molar refractivity (Wildman–Crippen MR) is 123 cm³/mol. The number of ketones is 1. The molecule has 34 heavy (non-hydrogen) atoms. The molecule has 1 aromatic carbocycles. The first-order chi connectivity index (χ1) is 16.4. The van der Waals surface area contributed by atoms with E-state index in [0.717, 1.165) is 11.1 Å². The van der Waals surface area contributed by atoms with E-state index >= 15 is 0 Å². The summed E-state index contributed by atoms with van der Waals surface area (Å²) in [5.41, 5.74) is 7.14. The number of hydrogen-bond acceptors (Lipinski definition) is 8. The van der Waals surface area contributed by atoms with Gasteiger partial charge >= 0.3 is 5.97 Å². The number of benzene rings is 1. The van der Waals surface area contributed by atoms with Gasteiger partial charge in [-0.15, -0.1) is 0 Å². The van der Waals surface area contributed by atoms with Crippen molar-refractivity contribution in [3.8, 4) is 5.75 Å². The highest BCUT2D eigenvalue weighted by atomic mass is 16.5. The molecule has 10 nitrogen and oxygen atoms in total. The number of aliphatic carboxylic acids is 1. The average molecular weight is 471 g/mol. The molecule has 1 unspecified atom stereocenters. The van der Waals surface area contributed by atoms with E-state index in [4.69, 9.17) is 15.2 Å². The summed E-state index contributed by atoms with van der Waals surface area (Å²) < 4.78 is 10.9. The first-order valence-corrected chi connectivity index (χ1v) is 11.1. The Hall–Kier alpha value is -3.34. The summed E-state index contributed by atoms with van der Waals surface area (Å²) in [6, 6.07) is 9.00. The Bertz CT molecular complexity index is 974. The molecule has 1 fully saturated rings. The van der Waals surface area contributed by atoms with Crippen LogP contribution in [-0.4, -0.2) is 66.2 Å². The molecule has 2 heterocycles. The van der Waals surface area contributed by atoms with Crippen LogP contribution in [0.5, 0.6) is 5.75 Å². The SMILES string of the molecule is COc1ccc(CC(NC(=O)c2ccc(CN)cn2)C(=O)[C@H](OC2CCNCC2)C(=O)O)cc1. The molecule has 1 amide bonds. The quantitative estimate of drug-likeness (QED) is 0.347. The number of piperidine rings is 1. The number of Topliss-reactive ketones (excluding diaryl/α,β-unsaturated/α-hetero) is 1. The molecule has 0 bridgehead atoms. The van der Waals surface area contributed by atoms with Crippen molar-refractivity contribution in [3.63, 3.8) is 0 Å². The Morgan fingerprint density at radius 3 is 2.38 bits per heavy atom. The van der Waals surface area contributed by atoms with Crippen LogP contribution in [0.2, 0.25) is 0 Å². The number of pyridine rings is 1. The van der Waals surface area contributed by atoms with Crippen LogP contribution >= 0.6 is 0 Å². The van der Waals surface area contributed by atoms with E-state index in [9.17, 15) is 19.5 Å². The van der Waals surface area contributed by atoms with Crippen molar-refractivity contribution in [1.29, 1.82) is 0 Å². The summed E-state index contributed by atoms with van der Waals surface area (Å²) in [6.45, 7) is 1.64. The third kappa shape index (κ3) is 6.83. The van der Waals surface area contributed by atoms with Crippen molar-refractivity contribution in [2.45, 2.75) is 44.1 Å². The van der Waals surface area contributed by atoms with Crippen molar-refractivity contribution < 1.29 is 29.0 Å². The molecule has 2 aromatic rings. The summed E-state index contributed by atoms with van der Waals surface area (Å²) >= 11 is 0. The molecule has 1 aliphatic rings. The van der Waals surface area contributed by atoms with Gasteiger partial charge < -0.3 is 30.9 Å². The highest BCUT2D eigenvalue weighted by Crippen LogP contribution is 2.17. The Kier molecular flexibility index (Phi) is 9.08. The standard InChI is InChI=1S/C24H30N4O6/c1-33-17-5-2-15(3-6-17)12-20(28-23(30)19-7-4-16(13-25)14-27-19)21(29)22(24(31)32)34-18-8-10-26-11-9-18/h2-7,14,18,20,22,26H,8-13,25H2,1H3,(H,28,30)(H,31,32)/t20?,22-/m0/s1. The van der Waals surface area contributed by atoms with Crippen LogP contribution in [0.25, 0.3) is 0 Å². The molecular formula is C24H30N4O6. The summed E-state index contributed by atoms with van der Waals surface area (Å²) in [4.78, 5) is 42.3. The normalized spacial score (nSPS) is 15.8. The Balaban J connectivity index is 1.82. The summed E-state index contributed by atoms with van der Waals surface area (Å²) in [7, 11) is 1.54. The van der Waals surface area contributed by atoms with Crippen molar-refractivity contribution in [3.05, 3.63) is 59.4 Å². The number of nitrogens with zero attached hydrogens (tertiary/aromatic N) is 1. The van der Waals surface area contributed by atoms with Gasteiger partial charge in [0, 0.05) is 12.7 Å². The Labute approximate surface area is 197 Å². The van der Waals surface area contributed by atoms with Gasteiger partial charge in [0.05, 0.1) is 19.3 Å². The number of rotatable bonds is 11. The largest absolute Gasteiger partial charge is 0.497 e. The zero-order valence-electron chi connectivity index (χ0n) is 19.0. The maximum atomic E-state index is 13.4. The molecule has 0 aliphatic carbocycles. The van der Waals surface area contributed by atoms with Gasteiger partial charge in [-0.3, -0.25) is 14.6 Å². The van der Waals surface area contributed by atoms with Crippen LogP contribution in [0, 0.1) is 0 Å². The number of ether oxygens (including phenoxy) is 2. The van der Waals surface area contributed by atoms with Gasteiger partial charge in [0.25, 0.3) is 5.91 Å². The maximum Gasteiger partial charge on any atom is 0.340 e. The van der Waals surface area contributed by atoms with Crippen molar-refractivity contribution in [1.82, 2.24) is 15.6 Å². The van der Waals surface area contributed by atoms with Crippen LogP contribution in [-0.2, 0) is 27.3 Å². The van der Waals surface area contributed by atoms with Gasteiger partial charge in [-0.1, -0.05) is 18.2 Å². The van der Waals surface area contributed by atoms with Gasteiger partial charge in [0.1, 0.15) is 11.4 Å². The lowest BCUT2D eigenvalue weighted by Gasteiger charge is -2.28. The first-order valence-electron chi connectivity index (χ1n) is 11.1.